The van der Waals surface area contributed by atoms with E-state index in [0.29, 0.717) is 0 Å². The molecular formula is C27H46O4. The van der Waals surface area contributed by atoms with Crippen LogP contribution in [-0.4, -0.2) is 29.9 Å². The van der Waals surface area contributed by atoms with E-state index >= 15 is 0 Å². The van der Waals surface area contributed by atoms with Crippen molar-refractivity contribution in [3.05, 3.63) is 29.3 Å². The van der Waals surface area contributed by atoms with Crippen LogP contribution in [0.1, 0.15) is 90.2 Å². The summed E-state index contributed by atoms with van der Waals surface area (Å²) in [6, 6.07) is 6.19. The summed E-state index contributed by atoms with van der Waals surface area (Å²) in [4.78, 5) is 10.9. The second-order valence-electron chi connectivity index (χ2n) is 8.92. The van der Waals surface area contributed by atoms with Gasteiger partial charge in [0.25, 0.3) is 0 Å². The molecule has 2 aliphatic carbocycles. The topological polar surface area (TPSA) is 66.8 Å². The lowest BCUT2D eigenvalue weighted by Gasteiger charge is -2.32. The van der Waals surface area contributed by atoms with E-state index in [0.717, 1.165) is 49.4 Å². The van der Waals surface area contributed by atoms with Gasteiger partial charge < -0.3 is 14.9 Å². The van der Waals surface area contributed by atoms with Gasteiger partial charge in [-0.25, -0.2) is 4.79 Å². The molecule has 1 aromatic carbocycles. The number of aliphatic hydroxyl groups excluding tert-OH is 1. The summed E-state index contributed by atoms with van der Waals surface area (Å²) in [6.45, 7) is 8.47. The lowest BCUT2D eigenvalue weighted by Crippen LogP contribution is -2.26. The first-order valence-electron chi connectivity index (χ1n) is 12.5. The molecule has 0 aromatic heterocycles. The molecular weight excluding hydrogens is 388 g/mol. The molecule has 0 radical (unpaired) electrons. The Morgan fingerprint density at radius 1 is 1.13 bits per heavy atom. The van der Waals surface area contributed by atoms with Gasteiger partial charge >= 0.3 is 5.97 Å². The molecule has 4 atom stereocenters. The van der Waals surface area contributed by atoms with Crippen LogP contribution in [0.2, 0.25) is 0 Å². The van der Waals surface area contributed by atoms with Crippen LogP contribution < -0.4 is 4.74 Å². The van der Waals surface area contributed by atoms with Crippen LogP contribution in [0.25, 0.3) is 0 Å². The van der Waals surface area contributed by atoms with Crippen molar-refractivity contribution in [1.82, 2.24) is 0 Å². The third-order valence-electron chi connectivity index (χ3n) is 6.95. The zero-order valence-electron chi connectivity index (χ0n) is 20.5. The molecule has 0 saturated heterocycles. The Kier molecular flexibility index (Phi) is 13.6. The van der Waals surface area contributed by atoms with Crippen molar-refractivity contribution in [3.63, 3.8) is 0 Å². The van der Waals surface area contributed by atoms with Crippen LogP contribution >= 0.6 is 0 Å². The number of aliphatic carboxylic acids is 1. The summed E-state index contributed by atoms with van der Waals surface area (Å²) < 4.78 is 5.57. The maximum Gasteiger partial charge on any atom is 0.341 e. The Morgan fingerprint density at radius 2 is 1.87 bits per heavy atom. The van der Waals surface area contributed by atoms with Gasteiger partial charge in [-0.15, -0.1) is 0 Å². The zero-order chi connectivity index (χ0) is 23.2. The van der Waals surface area contributed by atoms with Crippen molar-refractivity contribution in [2.24, 2.45) is 23.7 Å². The smallest absolute Gasteiger partial charge is 0.341 e. The number of hydrogen-bond donors (Lipinski definition) is 2. The first-order chi connectivity index (χ1) is 15.1. The number of rotatable bonds is 10. The Hall–Kier alpha value is -1.55. The van der Waals surface area contributed by atoms with Crippen LogP contribution in [0.15, 0.2) is 18.2 Å². The predicted octanol–water partition coefficient (Wildman–Crippen LogP) is 6.52. The van der Waals surface area contributed by atoms with E-state index in [1.807, 2.05) is 26.0 Å². The van der Waals surface area contributed by atoms with Crippen LogP contribution in [0, 0.1) is 23.7 Å². The van der Waals surface area contributed by atoms with Gasteiger partial charge in [-0.1, -0.05) is 71.9 Å². The lowest BCUT2D eigenvalue weighted by molar-refractivity contribution is -0.139. The maximum absolute atomic E-state index is 10.9. The van der Waals surface area contributed by atoms with E-state index in [9.17, 15) is 4.79 Å². The van der Waals surface area contributed by atoms with Crippen LogP contribution in [0.5, 0.6) is 5.75 Å². The number of carbonyl (C=O) groups is 1. The van der Waals surface area contributed by atoms with E-state index in [1.165, 1.54) is 62.5 Å². The van der Waals surface area contributed by atoms with E-state index < -0.39 is 5.97 Å². The number of aliphatic hydroxyl groups is 1. The number of benzene rings is 1. The SMILES string of the molecule is CC.CCCCCC(C)CC[C@H]1CC[C@@H]2Cc3c(cccc3OCC(=O)O)C[C@H]12.CO. The lowest BCUT2D eigenvalue weighted by atomic mass is 9.73. The van der Waals surface area contributed by atoms with E-state index in [1.54, 1.807) is 0 Å². The first kappa shape index (κ1) is 27.5. The summed E-state index contributed by atoms with van der Waals surface area (Å²) in [5.41, 5.74) is 2.66. The van der Waals surface area contributed by atoms with Gasteiger partial charge in [-0.05, 0) is 73.0 Å². The number of fused-ring (bicyclic) bond motifs is 2. The van der Waals surface area contributed by atoms with Crippen molar-refractivity contribution in [3.8, 4) is 5.75 Å². The minimum atomic E-state index is -0.907. The molecule has 2 aliphatic rings. The summed E-state index contributed by atoms with van der Waals surface area (Å²) in [5, 5.41) is 15.9. The normalized spacial score (nSPS) is 22.1. The van der Waals surface area contributed by atoms with Gasteiger partial charge in [0.2, 0.25) is 0 Å². The van der Waals surface area contributed by atoms with Gasteiger partial charge in [0.15, 0.2) is 6.61 Å². The highest BCUT2D eigenvalue weighted by molar-refractivity contribution is 5.68. The average molecular weight is 435 g/mol. The van der Waals surface area contributed by atoms with Crippen LogP contribution in [-0.2, 0) is 17.6 Å². The molecule has 0 bridgehead atoms. The number of carboxylic acids is 1. The largest absolute Gasteiger partial charge is 0.482 e. The Balaban J connectivity index is 0.00000113. The fourth-order valence-corrected chi connectivity index (χ4v) is 5.40. The zero-order valence-corrected chi connectivity index (χ0v) is 20.5. The second kappa shape index (κ2) is 15.3. The molecule has 178 valence electrons. The highest BCUT2D eigenvalue weighted by atomic mass is 16.5. The summed E-state index contributed by atoms with van der Waals surface area (Å²) in [5.74, 6) is 3.20. The molecule has 3 rings (SSSR count). The molecule has 1 unspecified atom stereocenters. The average Bonchev–Trinajstić information content (AvgIpc) is 3.19. The Bertz CT molecular complexity index is 628. The number of carboxylic acid groups (broad SMARTS) is 1. The highest BCUT2D eigenvalue weighted by Crippen LogP contribution is 2.48. The number of ether oxygens (including phenoxy) is 1. The van der Waals surface area contributed by atoms with Crippen molar-refractivity contribution in [2.45, 2.75) is 91.9 Å². The molecule has 2 N–H and O–H groups in total. The highest BCUT2D eigenvalue weighted by Gasteiger charge is 2.39. The van der Waals surface area contributed by atoms with Crippen molar-refractivity contribution < 1.29 is 19.7 Å². The molecule has 31 heavy (non-hydrogen) atoms. The molecule has 0 heterocycles. The van der Waals surface area contributed by atoms with Crippen molar-refractivity contribution in [2.75, 3.05) is 13.7 Å². The fraction of sp³-hybridized carbons (Fsp3) is 0.741. The van der Waals surface area contributed by atoms with Gasteiger partial charge in [-0.2, -0.15) is 0 Å². The van der Waals surface area contributed by atoms with E-state index in [-0.39, 0.29) is 6.61 Å². The summed E-state index contributed by atoms with van der Waals surface area (Å²) in [6.07, 6.45) is 13.2. The molecule has 4 nitrogen and oxygen atoms in total. The molecule has 4 heteroatoms. The summed E-state index contributed by atoms with van der Waals surface area (Å²) >= 11 is 0. The fourth-order valence-electron chi connectivity index (χ4n) is 5.40. The molecule has 1 aromatic rings. The van der Waals surface area contributed by atoms with Crippen molar-refractivity contribution in [1.29, 1.82) is 0 Å². The van der Waals surface area contributed by atoms with Crippen LogP contribution in [0.4, 0.5) is 0 Å². The van der Waals surface area contributed by atoms with Gasteiger partial charge in [0.05, 0.1) is 0 Å². The monoisotopic (exact) mass is 434 g/mol. The number of unbranched alkanes of at least 4 members (excludes halogenated alkanes) is 2. The molecule has 0 amide bonds. The predicted molar refractivity (Wildman–Crippen MR) is 129 cm³/mol. The van der Waals surface area contributed by atoms with Gasteiger partial charge in [-0.3, -0.25) is 0 Å². The van der Waals surface area contributed by atoms with Crippen molar-refractivity contribution >= 4 is 5.97 Å². The van der Waals surface area contributed by atoms with Gasteiger partial charge in [0, 0.05) is 7.11 Å². The molecule has 0 spiro atoms. The van der Waals surface area contributed by atoms with E-state index in [2.05, 4.69) is 19.9 Å². The molecule has 0 aliphatic heterocycles. The molecule has 1 saturated carbocycles. The first-order valence-corrected chi connectivity index (χ1v) is 12.5. The standard InChI is InChI=1S/C24H36O3.C2H6.CH4O/c1-3-4-5-7-17(2)10-11-18-12-13-20-15-22-19(14-21(18)20)8-6-9-23(22)27-16-24(25)26;2*1-2/h6,8-9,17-18,20-21H,3-5,7,10-16H2,1-2H3,(H,25,26);1-2H3;2H,1H3/t17?,18-,20+,21+;;/m0../s1. The minimum absolute atomic E-state index is 0.247. The Morgan fingerprint density at radius 3 is 2.55 bits per heavy atom. The third-order valence-corrected chi connectivity index (χ3v) is 6.95. The van der Waals surface area contributed by atoms with E-state index in [4.69, 9.17) is 14.9 Å². The van der Waals surface area contributed by atoms with Crippen LogP contribution in [0.3, 0.4) is 0 Å². The minimum Gasteiger partial charge on any atom is -0.482 e. The maximum atomic E-state index is 10.9. The van der Waals surface area contributed by atoms with Gasteiger partial charge in [0.1, 0.15) is 5.75 Å². The quantitative estimate of drug-likeness (QED) is 0.411. The third kappa shape index (κ3) is 8.48. The number of hydrogen-bond acceptors (Lipinski definition) is 3. The summed E-state index contributed by atoms with van der Waals surface area (Å²) in [7, 11) is 1.00. The molecule has 1 fully saturated rings. The second-order valence-corrected chi connectivity index (χ2v) is 8.92. The Labute approximate surface area is 190 Å².